The molecule has 2 rings (SSSR count). The molecule has 1 aliphatic carbocycles. The SMILES string of the molecule is Cc1ccc(C)c(OCC(=O)N(C)C2CCCC2)c1. The molecule has 1 aromatic rings. The van der Waals surface area contributed by atoms with Crippen LogP contribution in [0.15, 0.2) is 18.2 Å². The van der Waals surface area contributed by atoms with Gasteiger partial charge in [-0.2, -0.15) is 0 Å². The highest BCUT2D eigenvalue weighted by Crippen LogP contribution is 2.23. The Kier molecular flexibility index (Phi) is 4.46. The number of likely N-dealkylation sites (N-methyl/N-ethyl adjacent to an activating group) is 1. The number of benzene rings is 1. The van der Waals surface area contributed by atoms with E-state index in [9.17, 15) is 4.79 Å². The van der Waals surface area contributed by atoms with Gasteiger partial charge in [0.15, 0.2) is 6.61 Å². The molecule has 0 atom stereocenters. The number of carbonyl (C=O) groups is 1. The Hall–Kier alpha value is -1.51. The lowest BCUT2D eigenvalue weighted by atomic mass is 10.1. The Morgan fingerprint density at radius 3 is 2.68 bits per heavy atom. The van der Waals surface area contributed by atoms with Gasteiger partial charge in [-0.3, -0.25) is 4.79 Å². The molecule has 0 aliphatic heterocycles. The molecule has 0 saturated heterocycles. The molecule has 0 aromatic heterocycles. The summed E-state index contributed by atoms with van der Waals surface area (Å²) < 4.78 is 5.67. The zero-order valence-corrected chi connectivity index (χ0v) is 12.1. The molecule has 3 heteroatoms. The highest BCUT2D eigenvalue weighted by Gasteiger charge is 2.23. The van der Waals surface area contributed by atoms with E-state index in [4.69, 9.17) is 4.74 Å². The van der Waals surface area contributed by atoms with Crippen LogP contribution in [0, 0.1) is 13.8 Å². The fourth-order valence-electron chi connectivity index (χ4n) is 2.60. The van der Waals surface area contributed by atoms with Crippen molar-refractivity contribution in [1.82, 2.24) is 4.90 Å². The lowest BCUT2D eigenvalue weighted by Crippen LogP contribution is -2.38. The van der Waals surface area contributed by atoms with Crippen LogP contribution in [0.2, 0.25) is 0 Å². The van der Waals surface area contributed by atoms with E-state index >= 15 is 0 Å². The molecule has 0 bridgehead atoms. The normalized spacial score (nSPS) is 15.5. The fourth-order valence-corrected chi connectivity index (χ4v) is 2.60. The van der Waals surface area contributed by atoms with Crippen molar-refractivity contribution in [2.75, 3.05) is 13.7 Å². The Labute approximate surface area is 115 Å². The largest absolute Gasteiger partial charge is 0.483 e. The van der Waals surface area contributed by atoms with Gasteiger partial charge in [0.1, 0.15) is 5.75 Å². The van der Waals surface area contributed by atoms with Crippen LogP contribution < -0.4 is 4.74 Å². The summed E-state index contributed by atoms with van der Waals surface area (Å²) in [5.74, 6) is 0.890. The lowest BCUT2D eigenvalue weighted by Gasteiger charge is -2.24. The number of carbonyl (C=O) groups excluding carboxylic acids is 1. The monoisotopic (exact) mass is 261 g/mol. The Morgan fingerprint density at radius 1 is 1.32 bits per heavy atom. The molecule has 3 nitrogen and oxygen atoms in total. The van der Waals surface area contributed by atoms with E-state index in [1.54, 1.807) is 0 Å². The van der Waals surface area contributed by atoms with Crippen molar-refractivity contribution in [2.45, 2.75) is 45.6 Å². The first-order valence-corrected chi connectivity index (χ1v) is 7.03. The van der Waals surface area contributed by atoms with Crippen LogP contribution in [0.1, 0.15) is 36.8 Å². The van der Waals surface area contributed by atoms with Gasteiger partial charge in [0.2, 0.25) is 0 Å². The van der Waals surface area contributed by atoms with Crippen molar-refractivity contribution in [1.29, 1.82) is 0 Å². The van der Waals surface area contributed by atoms with Crippen molar-refractivity contribution in [3.05, 3.63) is 29.3 Å². The summed E-state index contributed by atoms with van der Waals surface area (Å²) in [6.45, 7) is 4.16. The van der Waals surface area contributed by atoms with Gasteiger partial charge in [0.25, 0.3) is 5.91 Å². The summed E-state index contributed by atoms with van der Waals surface area (Å²) in [6.07, 6.45) is 4.73. The number of hydrogen-bond donors (Lipinski definition) is 0. The summed E-state index contributed by atoms with van der Waals surface area (Å²) >= 11 is 0. The van der Waals surface area contributed by atoms with Gasteiger partial charge < -0.3 is 9.64 Å². The van der Waals surface area contributed by atoms with E-state index in [-0.39, 0.29) is 12.5 Å². The van der Waals surface area contributed by atoms with E-state index in [0.717, 1.165) is 29.7 Å². The molecule has 0 radical (unpaired) electrons. The first-order chi connectivity index (χ1) is 9.08. The van der Waals surface area contributed by atoms with Crippen LogP contribution in [0.4, 0.5) is 0 Å². The molecular weight excluding hydrogens is 238 g/mol. The quantitative estimate of drug-likeness (QED) is 0.833. The van der Waals surface area contributed by atoms with Crippen molar-refractivity contribution in [3.8, 4) is 5.75 Å². The maximum Gasteiger partial charge on any atom is 0.260 e. The molecule has 1 amide bonds. The molecular formula is C16H23NO2. The molecule has 104 valence electrons. The maximum absolute atomic E-state index is 12.1. The third-order valence-corrected chi connectivity index (χ3v) is 3.96. The molecule has 1 saturated carbocycles. The minimum atomic E-state index is 0.0767. The van der Waals surface area contributed by atoms with Gasteiger partial charge in [-0.15, -0.1) is 0 Å². The first kappa shape index (κ1) is 13.9. The van der Waals surface area contributed by atoms with Crippen molar-refractivity contribution < 1.29 is 9.53 Å². The van der Waals surface area contributed by atoms with E-state index in [2.05, 4.69) is 6.07 Å². The third-order valence-electron chi connectivity index (χ3n) is 3.96. The Morgan fingerprint density at radius 2 is 2.00 bits per heavy atom. The molecule has 0 spiro atoms. The average molecular weight is 261 g/mol. The molecule has 0 heterocycles. The van der Waals surface area contributed by atoms with Gasteiger partial charge in [-0.25, -0.2) is 0 Å². The van der Waals surface area contributed by atoms with E-state index in [0.29, 0.717) is 6.04 Å². The minimum absolute atomic E-state index is 0.0767. The molecule has 1 aromatic carbocycles. The van der Waals surface area contributed by atoms with Gasteiger partial charge in [0.05, 0.1) is 0 Å². The van der Waals surface area contributed by atoms with E-state index in [1.807, 2.05) is 37.9 Å². The number of nitrogens with zero attached hydrogens (tertiary/aromatic N) is 1. The van der Waals surface area contributed by atoms with Crippen molar-refractivity contribution in [3.63, 3.8) is 0 Å². The third kappa shape index (κ3) is 3.49. The van der Waals surface area contributed by atoms with E-state index < -0.39 is 0 Å². The fraction of sp³-hybridized carbons (Fsp3) is 0.562. The second kappa shape index (κ2) is 6.09. The summed E-state index contributed by atoms with van der Waals surface area (Å²) in [4.78, 5) is 14.0. The summed E-state index contributed by atoms with van der Waals surface area (Å²) in [7, 11) is 1.89. The molecule has 19 heavy (non-hydrogen) atoms. The maximum atomic E-state index is 12.1. The zero-order valence-electron chi connectivity index (χ0n) is 12.1. The van der Waals surface area contributed by atoms with Crippen LogP contribution in [0.3, 0.4) is 0 Å². The van der Waals surface area contributed by atoms with Crippen molar-refractivity contribution in [2.24, 2.45) is 0 Å². The zero-order chi connectivity index (χ0) is 13.8. The molecule has 1 fully saturated rings. The number of aryl methyl sites for hydroxylation is 2. The average Bonchev–Trinajstić information content (AvgIpc) is 2.92. The predicted molar refractivity (Wildman–Crippen MR) is 76.4 cm³/mol. The second-order valence-electron chi connectivity index (χ2n) is 5.50. The van der Waals surface area contributed by atoms with Gasteiger partial charge in [-0.1, -0.05) is 25.0 Å². The van der Waals surface area contributed by atoms with E-state index in [1.165, 1.54) is 12.8 Å². The summed E-state index contributed by atoms with van der Waals surface area (Å²) in [5, 5.41) is 0. The van der Waals surface area contributed by atoms with Crippen LogP contribution in [0.25, 0.3) is 0 Å². The highest BCUT2D eigenvalue weighted by molar-refractivity contribution is 5.77. The van der Waals surface area contributed by atoms with Gasteiger partial charge >= 0.3 is 0 Å². The molecule has 0 unspecified atom stereocenters. The summed E-state index contributed by atoms with van der Waals surface area (Å²) in [6, 6.07) is 6.47. The highest BCUT2D eigenvalue weighted by atomic mass is 16.5. The summed E-state index contributed by atoms with van der Waals surface area (Å²) in [5.41, 5.74) is 2.22. The van der Waals surface area contributed by atoms with Crippen molar-refractivity contribution >= 4 is 5.91 Å². The van der Waals surface area contributed by atoms with Crippen LogP contribution >= 0.6 is 0 Å². The Balaban J connectivity index is 1.90. The number of ether oxygens (including phenoxy) is 1. The standard InChI is InChI=1S/C16H23NO2/c1-12-8-9-13(2)15(10-12)19-11-16(18)17(3)14-6-4-5-7-14/h8-10,14H,4-7,11H2,1-3H3. The number of rotatable bonds is 4. The topological polar surface area (TPSA) is 29.5 Å². The number of hydrogen-bond acceptors (Lipinski definition) is 2. The Bertz CT molecular complexity index is 450. The second-order valence-corrected chi connectivity index (χ2v) is 5.50. The lowest BCUT2D eigenvalue weighted by molar-refractivity contribution is -0.134. The van der Waals surface area contributed by atoms with Crippen LogP contribution in [-0.4, -0.2) is 30.5 Å². The predicted octanol–water partition coefficient (Wildman–Crippen LogP) is 3.08. The minimum Gasteiger partial charge on any atom is -0.483 e. The van der Waals surface area contributed by atoms with Crippen LogP contribution in [0.5, 0.6) is 5.75 Å². The molecule has 1 aliphatic rings. The first-order valence-electron chi connectivity index (χ1n) is 7.03. The molecule has 0 N–H and O–H groups in total. The number of amides is 1. The van der Waals surface area contributed by atoms with Crippen LogP contribution in [-0.2, 0) is 4.79 Å². The van der Waals surface area contributed by atoms with Gasteiger partial charge in [-0.05, 0) is 43.9 Å². The smallest absolute Gasteiger partial charge is 0.260 e. The van der Waals surface area contributed by atoms with Gasteiger partial charge in [0, 0.05) is 13.1 Å².